The van der Waals surface area contributed by atoms with Crippen LogP contribution in [0, 0.1) is 0 Å². The van der Waals surface area contributed by atoms with Crippen molar-refractivity contribution in [2.24, 2.45) is 0 Å². The number of sulfonamides is 1. The molecular weight excluding hydrogens is 358 g/mol. The fraction of sp³-hybridized carbons (Fsp3) is 0.588. The number of hydrogen-bond acceptors (Lipinski definition) is 6. The van der Waals surface area contributed by atoms with Gasteiger partial charge in [-0.25, -0.2) is 8.42 Å². The van der Waals surface area contributed by atoms with Crippen LogP contribution in [-0.4, -0.2) is 76.6 Å². The van der Waals surface area contributed by atoms with E-state index in [1.807, 2.05) is 13.8 Å². The van der Waals surface area contributed by atoms with E-state index in [1.54, 1.807) is 20.2 Å². The summed E-state index contributed by atoms with van der Waals surface area (Å²) in [5, 5.41) is 2.99. The first-order valence-electron chi connectivity index (χ1n) is 8.54. The maximum Gasteiger partial charge on any atom is 0.243 e. The van der Waals surface area contributed by atoms with Gasteiger partial charge < -0.3 is 19.7 Å². The Hall–Kier alpha value is -1.84. The van der Waals surface area contributed by atoms with Crippen LogP contribution in [0.2, 0.25) is 0 Å². The van der Waals surface area contributed by atoms with Gasteiger partial charge in [0.2, 0.25) is 15.9 Å². The van der Waals surface area contributed by atoms with E-state index >= 15 is 0 Å². The Morgan fingerprint density at radius 1 is 1.31 bits per heavy atom. The molecule has 0 spiro atoms. The van der Waals surface area contributed by atoms with Crippen molar-refractivity contribution in [1.82, 2.24) is 9.21 Å². The lowest BCUT2D eigenvalue weighted by atomic mass is 10.2. The maximum absolute atomic E-state index is 12.8. The summed E-state index contributed by atoms with van der Waals surface area (Å²) in [6.07, 6.45) is -0.0817. The Bertz CT molecular complexity index is 728. The molecule has 1 aliphatic heterocycles. The molecule has 8 nitrogen and oxygen atoms in total. The molecule has 146 valence electrons. The number of hydrogen-bond donors (Lipinski definition) is 1. The third-order valence-electron chi connectivity index (χ3n) is 3.85. The van der Waals surface area contributed by atoms with Crippen LogP contribution in [0.1, 0.15) is 13.8 Å². The Morgan fingerprint density at radius 3 is 2.54 bits per heavy atom. The minimum Gasteiger partial charge on any atom is -0.489 e. The van der Waals surface area contributed by atoms with Gasteiger partial charge in [-0.15, -0.1) is 0 Å². The standard InChI is InChI=1S/C17H27N3O5S/c1-13(2)25-16-6-5-14(11-15(16)18-12-17(21)19(3)4)26(22,23)20-7-9-24-10-8-20/h5-6,11,13,18H,7-10,12H2,1-4H3. The molecule has 0 aliphatic carbocycles. The van der Waals surface area contributed by atoms with Gasteiger partial charge in [-0.3, -0.25) is 4.79 Å². The smallest absolute Gasteiger partial charge is 0.243 e. The van der Waals surface area contributed by atoms with Crippen molar-refractivity contribution in [1.29, 1.82) is 0 Å². The van der Waals surface area contributed by atoms with Crippen LogP contribution < -0.4 is 10.1 Å². The van der Waals surface area contributed by atoms with E-state index in [2.05, 4.69) is 5.32 Å². The summed E-state index contributed by atoms with van der Waals surface area (Å²) >= 11 is 0. The molecule has 2 rings (SSSR count). The van der Waals surface area contributed by atoms with Gasteiger partial charge in [0, 0.05) is 27.2 Å². The highest BCUT2D eigenvalue weighted by atomic mass is 32.2. The molecule has 1 N–H and O–H groups in total. The normalized spacial score (nSPS) is 15.7. The maximum atomic E-state index is 12.8. The summed E-state index contributed by atoms with van der Waals surface area (Å²) in [5.41, 5.74) is 0.475. The van der Waals surface area contributed by atoms with Crippen molar-refractivity contribution in [3.05, 3.63) is 18.2 Å². The SMILES string of the molecule is CC(C)Oc1ccc(S(=O)(=O)N2CCOCC2)cc1NCC(=O)N(C)C. The van der Waals surface area contributed by atoms with Gasteiger partial charge in [-0.1, -0.05) is 0 Å². The molecule has 1 fully saturated rings. The van der Waals surface area contributed by atoms with Gasteiger partial charge in [0.15, 0.2) is 0 Å². The Kier molecular flexibility index (Phi) is 6.85. The number of ether oxygens (including phenoxy) is 2. The molecule has 1 aliphatic rings. The molecule has 1 amide bonds. The van der Waals surface area contributed by atoms with E-state index in [1.165, 1.54) is 21.3 Å². The zero-order valence-electron chi connectivity index (χ0n) is 15.7. The number of amides is 1. The molecule has 1 saturated heterocycles. The van der Waals surface area contributed by atoms with Gasteiger partial charge in [-0.2, -0.15) is 4.31 Å². The molecule has 0 aromatic heterocycles. The van der Waals surface area contributed by atoms with Crippen LogP contribution in [-0.2, 0) is 19.6 Å². The third kappa shape index (κ3) is 5.09. The average molecular weight is 385 g/mol. The number of carbonyl (C=O) groups excluding carboxylic acids is 1. The Morgan fingerprint density at radius 2 is 1.96 bits per heavy atom. The van der Waals surface area contributed by atoms with Crippen molar-refractivity contribution >= 4 is 21.6 Å². The molecule has 0 saturated carbocycles. The number of benzene rings is 1. The summed E-state index contributed by atoms with van der Waals surface area (Å²) in [6.45, 7) is 5.23. The fourth-order valence-electron chi connectivity index (χ4n) is 2.43. The summed E-state index contributed by atoms with van der Waals surface area (Å²) in [7, 11) is -0.299. The van der Waals surface area contributed by atoms with Crippen LogP contribution in [0.3, 0.4) is 0 Å². The van der Waals surface area contributed by atoms with Crippen LogP contribution in [0.25, 0.3) is 0 Å². The highest BCUT2D eigenvalue weighted by molar-refractivity contribution is 7.89. The van der Waals surface area contributed by atoms with Crippen LogP contribution in [0.5, 0.6) is 5.75 Å². The van der Waals surface area contributed by atoms with Crippen LogP contribution >= 0.6 is 0 Å². The fourth-order valence-corrected chi connectivity index (χ4v) is 3.86. The van der Waals surface area contributed by atoms with E-state index in [4.69, 9.17) is 9.47 Å². The largest absolute Gasteiger partial charge is 0.489 e. The number of morpholine rings is 1. The summed E-state index contributed by atoms with van der Waals surface area (Å²) in [6, 6.07) is 4.67. The Balaban J connectivity index is 2.30. The third-order valence-corrected chi connectivity index (χ3v) is 5.75. The first-order chi connectivity index (χ1) is 12.2. The zero-order chi connectivity index (χ0) is 19.3. The van der Waals surface area contributed by atoms with E-state index < -0.39 is 10.0 Å². The predicted octanol–water partition coefficient (Wildman–Crippen LogP) is 0.995. The molecule has 0 bridgehead atoms. The minimum absolute atomic E-state index is 0.0442. The monoisotopic (exact) mass is 385 g/mol. The molecule has 0 radical (unpaired) electrons. The number of likely N-dealkylation sites (N-methyl/N-ethyl adjacent to an activating group) is 1. The predicted molar refractivity (Wildman–Crippen MR) is 99.0 cm³/mol. The second-order valence-electron chi connectivity index (χ2n) is 6.48. The number of rotatable bonds is 7. The number of nitrogens with one attached hydrogen (secondary N) is 1. The van der Waals surface area contributed by atoms with Gasteiger partial charge in [0.25, 0.3) is 0 Å². The first-order valence-corrected chi connectivity index (χ1v) is 9.98. The van der Waals surface area contributed by atoms with E-state index in [-0.39, 0.29) is 23.5 Å². The summed E-state index contributed by atoms with van der Waals surface area (Å²) in [5.74, 6) is 0.384. The van der Waals surface area contributed by atoms with Crippen molar-refractivity contribution in [3.63, 3.8) is 0 Å². The van der Waals surface area contributed by atoms with Gasteiger partial charge >= 0.3 is 0 Å². The van der Waals surface area contributed by atoms with Crippen molar-refractivity contribution in [3.8, 4) is 5.75 Å². The van der Waals surface area contributed by atoms with Crippen molar-refractivity contribution < 1.29 is 22.7 Å². The summed E-state index contributed by atoms with van der Waals surface area (Å²) in [4.78, 5) is 13.5. The average Bonchev–Trinajstić information content (AvgIpc) is 2.60. The van der Waals surface area contributed by atoms with Gasteiger partial charge in [-0.05, 0) is 32.0 Å². The molecular formula is C17H27N3O5S. The lowest BCUT2D eigenvalue weighted by Gasteiger charge is -2.26. The van der Waals surface area contributed by atoms with E-state index in [9.17, 15) is 13.2 Å². The molecule has 0 atom stereocenters. The molecule has 26 heavy (non-hydrogen) atoms. The minimum atomic E-state index is -3.62. The van der Waals surface area contributed by atoms with Crippen molar-refractivity contribution in [2.75, 3.05) is 52.3 Å². The molecule has 1 aromatic rings. The molecule has 9 heteroatoms. The van der Waals surface area contributed by atoms with Gasteiger partial charge in [0.05, 0.1) is 36.4 Å². The topological polar surface area (TPSA) is 88.2 Å². The second kappa shape index (κ2) is 8.70. The highest BCUT2D eigenvalue weighted by Crippen LogP contribution is 2.30. The second-order valence-corrected chi connectivity index (χ2v) is 8.42. The van der Waals surface area contributed by atoms with Crippen molar-refractivity contribution in [2.45, 2.75) is 24.8 Å². The first kappa shape index (κ1) is 20.5. The highest BCUT2D eigenvalue weighted by Gasteiger charge is 2.27. The zero-order valence-corrected chi connectivity index (χ0v) is 16.5. The van der Waals surface area contributed by atoms with E-state index in [0.717, 1.165) is 0 Å². The quantitative estimate of drug-likeness (QED) is 0.753. The molecule has 0 unspecified atom stereocenters. The van der Waals surface area contributed by atoms with Gasteiger partial charge in [0.1, 0.15) is 5.75 Å². The number of anilines is 1. The lowest BCUT2D eigenvalue weighted by molar-refractivity contribution is -0.126. The molecule has 1 heterocycles. The Labute approximate surface area is 155 Å². The van der Waals surface area contributed by atoms with Crippen LogP contribution in [0.4, 0.5) is 5.69 Å². The molecule has 1 aromatic carbocycles. The number of nitrogens with zero attached hydrogens (tertiary/aromatic N) is 2. The summed E-state index contributed by atoms with van der Waals surface area (Å²) < 4.78 is 38.1. The van der Waals surface area contributed by atoms with Crippen LogP contribution in [0.15, 0.2) is 23.1 Å². The lowest BCUT2D eigenvalue weighted by Crippen LogP contribution is -2.40. The number of carbonyl (C=O) groups is 1. The van der Waals surface area contributed by atoms with E-state index in [0.29, 0.717) is 37.7 Å².